The maximum atomic E-state index is 12.0. The highest BCUT2D eigenvalue weighted by atomic mass is 16.5. The van der Waals surface area contributed by atoms with Crippen molar-refractivity contribution in [1.29, 1.82) is 0 Å². The largest absolute Gasteiger partial charge is 0.497 e. The second kappa shape index (κ2) is 6.41. The van der Waals surface area contributed by atoms with Crippen molar-refractivity contribution < 1.29 is 19.1 Å². The minimum Gasteiger partial charge on any atom is -0.497 e. The molecule has 5 nitrogen and oxygen atoms in total. The maximum Gasteiger partial charge on any atom is 0.305 e. The van der Waals surface area contributed by atoms with E-state index >= 15 is 0 Å². The SMILES string of the molecule is CCOC(=O)CCC1Cc2cc(OC)ccc2NC1=O. The van der Waals surface area contributed by atoms with Gasteiger partial charge in [-0.05, 0) is 43.5 Å². The van der Waals surface area contributed by atoms with Gasteiger partial charge >= 0.3 is 5.97 Å². The topological polar surface area (TPSA) is 64.6 Å². The number of hydrogen-bond acceptors (Lipinski definition) is 4. The van der Waals surface area contributed by atoms with Gasteiger partial charge in [-0.1, -0.05) is 0 Å². The Morgan fingerprint density at radius 3 is 2.95 bits per heavy atom. The minimum atomic E-state index is -0.253. The zero-order valence-corrected chi connectivity index (χ0v) is 11.8. The summed E-state index contributed by atoms with van der Waals surface area (Å²) in [5, 5.41) is 2.87. The zero-order valence-electron chi connectivity index (χ0n) is 11.8. The van der Waals surface area contributed by atoms with E-state index in [0.717, 1.165) is 17.0 Å². The van der Waals surface area contributed by atoms with E-state index in [1.165, 1.54) is 0 Å². The van der Waals surface area contributed by atoms with Crippen LogP contribution in [0.4, 0.5) is 5.69 Å². The molecule has 1 aliphatic rings. The fourth-order valence-electron chi connectivity index (χ4n) is 2.34. The van der Waals surface area contributed by atoms with Crippen LogP contribution in [0.2, 0.25) is 0 Å². The Labute approximate surface area is 118 Å². The van der Waals surface area contributed by atoms with Crippen molar-refractivity contribution in [3.63, 3.8) is 0 Å². The number of nitrogens with one attached hydrogen (secondary N) is 1. The highest BCUT2D eigenvalue weighted by molar-refractivity contribution is 5.96. The number of methoxy groups -OCH3 is 1. The van der Waals surface area contributed by atoms with Gasteiger partial charge in [-0.25, -0.2) is 0 Å². The molecular formula is C15H19NO4. The van der Waals surface area contributed by atoms with E-state index in [1.807, 2.05) is 18.2 Å². The third kappa shape index (κ3) is 3.29. The van der Waals surface area contributed by atoms with Crippen molar-refractivity contribution >= 4 is 17.6 Å². The van der Waals surface area contributed by atoms with E-state index in [2.05, 4.69) is 5.32 Å². The lowest BCUT2D eigenvalue weighted by Gasteiger charge is -2.24. The lowest BCUT2D eigenvalue weighted by atomic mass is 9.89. The molecule has 1 heterocycles. The average Bonchev–Trinajstić information content (AvgIpc) is 2.45. The lowest BCUT2D eigenvalue weighted by Crippen LogP contribution is -2.30. The molecule has 1 aliphatic heterocycles. The van der Waals surface area contributed by atoms with Crippen molar-refractivity contribution in [3.8, 4) is 5.75 Å². The fraction of sp³-hybridized carbons (Fsp3) is 0.467. The summed E-state index contributed by atoms with van der Waals surface area (Å²) in [6.45, 7) is 2.14. The van der Waals surface area contributed by atoms with Gasteiger partial charge in [0.1, 0.15) is 5.75 Å². The van der Waals surface area contributed by atoms with Gasteiger partial charge in [-0.3, -0.25) is 9.59 Å². The van der Waals surface area contributed by atoms with Gasteiger partial charge in [0, 0.05) is 18.0 Å². The zero-order chi connectivity index (χ0) is 14.5. The number of amides is 1. The number of carbonyl (C=O) groups is 2. The first-order valence-corrected chi connectivity index (χ1v) is 6.77. The number of fused-ring (bicyclic) bond motifs is 1. The Bertz CT molecular complexity index is 513. The standard InChI is InChI=1S/C15H19NO4/c1-3-20-14(17)7-4-10-8-11-9-12(19-2)5-6-13(11)16-15(10)18/h5-6,9-10H,3-4,7-8H2,1-2H3,(H,16,18). The van der Waals surface area contributed by atoms with E-state index in [0.29, 0.717) is 19.4 Å². The minimum absolute atomic E-state index is 0.0352. The molecule has 1 aromatic rings. The van der Waals surface area contributed by atoms with Gasteiger partial charge in [0.25, 0.3) is 0 Å². The summed E-state index contributed by atoms with van der Waals surface area (Å²) in [4.78, 5) is 23.4. The van der Waals surface area contributed by atoms with Crippen molar-refractivity contribution in [2.24, 2.45) is 5.92 Å². The van der Waals surface area contributed by atoms with Crippen LogP contribution in [0, 0.1) is 5.92 Å². The van der Waals surface area contributed by atoms with E-state index < -0.39 is 0 Å². The molecule has 1 unspecified atom stereocenters. The van der Waals surface area contributed by atoms with Gasteiger partial charge in [-0.2, -0.15) is 0 Å². The van der Waals surface area contributed by atoms with Gasteiger partial charge in [0.15, 0.2) is 0 Å². The molecule has 0 saturated heterocycles. The molecule has 5 heteroatoms. The van der Waals surface area contributed by atoms with Crippen molar-refractivity contribution in [1.82, 2.24) is 0 Å². The van der Waals surface area contributed by atoms with Crippen LogP contribution >= 0.6 is 0 Å². The summed E-state index contributed by atoms with van der Waals surface area (Å²) in [6.07, 6.45) is 1.39. The molecular weight excluding hydrogens is 258 g/mol. The van der Waals surface area contributed by atoms with Gasteiger partial charge in [0.05, 0.1) is 13.7 Å². The van der Waals surface area contributed by atoms with Crippen molar-refractivity contribution in [2.45, 2.75) is 26.2 Å². The highest BCUT2D eigenvalue weighted by Crippen LogP contribution is 2.30. The molecule has 0 radical (unpaired) electrons. The quantitative estimate of drug-likeness (QED) is 0.838. The summed E-state index contributed by atoms with van der Waals surface area (Å²) < 4.78 is 10.1. The number of hydrogen-bond donors (Lipinski definition) is 1. The number of carbonyl (C=O) groups excluding carboxylic acids is 2. The molecule has 0 fully saturated rings. The number of benzene rings is 1. The Kier molecular flexibility index (Phi) is 4.61. The van der Waals surface area contributed by atoms with Crippen LogP contribution in [0.3, 0.4) is 0 Å². The van der Waals surface area contributed by atoms with E-state index in [4.69, 9.17) is 9.47 Å². The third-order valence-corrected chi connectivity index (χ3v) is 3.41. The molecule has 108 valence electrons. The molecule has 0 saturated carbocycles. The summed E-state index contributed by atoms with van der Waals surface area (Å²) in [5.41, 5.74) is 1.86. The number of anilines is 1. The predicted molar refractivity (Wildman–Crippen MR) is 74.7 cm³/mol. The molecule has 0 aliphatic carbocycles. The molecule has 20 heavy (non-hydrogen) atoms. The monoisotopic (exact) mass is 277 g/mol. The molecule has 0 aromatic heterocycles. The highest BCUT2D eigenvalue weighted by Gasteiger charge is 2.26. The van der Waals surface area contributed by atoms with E-state index in [-0.39, 0.29) is 24.2 Å². The second-order valence-electron chi connectivity index (χ2n) is 4.76. The molecule has 0 spiro atoms. The van der Waals surface area contributed by atoms with E-state index in [9.17, 15) is 9.59 Å². The third-order valence-electron chi connectivity index (χ3n) is 3.41. The summed E-state index contributed by atoms with van der Waals surface area (Å²) in [6, 6.07) is 5.58. The number of esters is 1. The first-order valence-electron chi connectivity index (χ1n) is 6.77. The van der Waals surface area contributed by atoms with Crippen molar-refractivity contribution in [2.75, 3.05) is 19.0 Å². The summed E-state index contributed by atoms with van der Waals surface area (Å²) in [7, 11) is 1.61. The van der Waals surface area contributed by atoms with E-state index in [1.54, 1.807) is 14.0 Å². The first-order chi connectivity index (χ1) is 9.63. The predicted octanol–water partition coefficient (Wildman–Crippen LogP) is 2.15. The van der Waals surface area contributed by atoms with Crippen LogP contribution in [0.25, 0.3) is 0 Å². The molecule has 1 N–H and O–H groups in total. The van der Waals surface area contributed by atoms with Crippen LogP contribution < -0.4 is 10.1 Å². The number of rotatable bonds is 5. The normalized spacial score (nSPS) is 17.1. The Hall–Kier alpha value is -2.04. The van der Waals surface area contributed by atoms with Gasteiger partial charge in [0.2, 0.25) is 5.91 Å². The number of ether oxygens (including phenoxy) is 2. The smallest absolute Gasteiger partial charge is 0.305 e. The second-order valence-corrected chi connectivity index (χ2v) is 4.76. The van der Waals surface area contributed by atoms with Gasteiger partial charge < -0.3 is 14.8 Å². The molecule has 1 aromatic carbocycles. The van der Waals surface area contributed by atoms with Crippen molar-refractivity contribution in [3.05, 3.63) is 23.8 Å². The Morgan fingerprint density at radius 2 is 2.25 bits per heavy atom. The van der Waals surface area contributed by atoms with Crippen LogP contribution in [-0.4, -0.2) is 25.6 Å². The molecule has 2 rings (SSSR count). The van der Waals surface area contributed by atoms with Gasteiger partial charge in [-0.15, -0.1) is 0 Å². The van der Waals surface area contributed by atoms with Crippen LogP contribution in [-0.2, 0) is 20.7 Å². The maximum absolute atomic E-state index is 12.0. The molecule has 1 atom stereocenters. The molecule has 0 bridgehead atoms. The Balaban J connectivity index is 2.02. The summed E-state index contributed by atoms with van der Waals surface area (Å²) >= 11 is 0. The summed E-state index contributed by atoms with van der Waals surface area (Å²) in [5.74, 6) is 0.284. The first kappa shape index (κ1) is 14.4. The Morgan fingerprint density at radius 1 is 1.45 bits per heavy atom. The van der Waals surface area contributed by atoms with Crippen LogP contribution in [0.15, 0.2) is 18.2 Å². The fourth-order valence-corrected chi connectivity index (χ4v) is 2.34. The average molecular weight is 277 g/mol. The lowest BCUT2D eigenvalue weighted by molar-refractivity contribution is -0.143. The van der Waals surface area contributed by atoms with Crippen LogP contribution in [0.1, 0.15) is 25.3 Å². The molecule has 1 amide bonds. The van der Waals surface area contributed by atoms with Crippen LogP contribution in [0.5, 0.6) is 5.75 Å².